The molecule has 0 radical (unpaired) electrons. The predicted molar refractivity (Wildman–Crippen MR) is 60.4 cm³/mol. The molecule has 0 bridgehead atoms. The second-order valence-corrected chi connectivity index (χ2v) is 4.56. The standard InChI is InChI=1S/C8H9BrINO/c1-5(2)12-7-3-8(10)11-4-6(7)9/h3-5H,1-2H3. The van der Waals surface area contributed by atoms with Crippen LogP contribution in [0.15, 0.2) is 16.7 Å². The van der Waals surface area contributed by atoms with Gasteiger partial charge in [-0.05, 0) is 52.4 Å². The van der Waals surface area contributed by atoms with Crippen LogP contribution >= 0.6 is 38.5 Å². The first kappa shape index (κ1) is 10.2. The number of aromatic nitrogens is 1. The molecule has 0 aromatic carbocycles. The van der Waals surface area contributed by atoms with Crippen molar-refractivity contribution < 1.29 is 4.74 Å². The number of pyridine rings is 1. The van der Waals surface area contributed by atoms with Gasteiger partial charge in [0.1, 0.15) is 9.45 Å². The van der Waals surface area contributed by atoms with Gasteiger partial charge in [0, 0.05) is 12.3 Å². The number of hydrogen-bond donors (Lipinski definition) is 0. The van der Waals surface area contributed by atoms with E-state index in [9.17, 15) is 0 Å². The fourth-order valence-corrected chi connectivity index (χ4v) is 1.47. The zero-order valence-electron chi connectivity index (χ0n) is 6.84. The van der Waals surface area contributed by atoms with E-state index in [2.05, 4.69) is 43.5 Å². The molecule has 1 aromatic rings. The van der Waals surface area contributed by atoms with Crippen LogP contribution in [0.3, 0.4) is 0 Å². The van der Waals surface area contributed by atoms with Crippen LogP contribution in [0.25, 0.3) is 0 Å². The molecule has 0 aliphatic carbocycles. The second kappa shape index (κ2) is 4.41. The van der Waals surface area contributed by atoms with Crippen LogP contribution in [0, 0.1) is 3.70 Å². The highest BCUT2D eigenvalue weighted by Gasteiger charge is 2.03. The van der Waals surface area contributed by atoms with E-state index in [1.54, 1.807) is 6.20 Å². The van der Waals surface area contributed by atoms with Crippen LogP contribution in [0.2, 0.25) is 0 Å². The quantitative estimate of drug-likeness (QED) is 0.608. The van der Waals surface area contributed by atoms with Gasteiger partial charge < -0.3 is 4.74 Å². The van der Waals surface area contributed by atoms with Crippen LogP contribution in [0.4, 0.5) is 0 Å². The van der Waals surface area contributed by atoms with E-state index in [1.807, 2.05) is 19.9 Å². The first-order chi connectivity index (χ1) is 5.59. The average Bonchev–Trinajstić information content (AvgIpc) is 1.96. The molecule has 12 heavy (non-hydrogen) atoms. The number of rotatable bonds is 2. The minimum absolute atomic E-state index is 0.194. The van der Waals surface area contributed by atoms with Crippen molar-refractivity contribution in [3.63, 3.8) is 0 Å². The summed E-state index contributed by atoms with van der Waals surface area (Å²) >= 11 is 5.52. The van der Waals surface area contributed by atoms with Crippen LogP contribution < -0.4 is 4.74 Å². The summed E-state index contributed by atoms with van der Waals surface area (Å²) in [6.45, 7) is 4.00. The maximum Gasteiger partial charge on any atom is 0.138 e. The van der Waals surface area contributed by atoms with Crippen LogP contribution in [0.1, 0.15) is 13.8 Å². The molecule has 0 amide bonds. The SMILES string of the molecule is CC(C)Oc1cc(I)ncc1Br. The molecule has 0 atom stereocenters. The van der Waals surface area contributed by atoms with Gasteiger partial charge >= 0.3 is 0 Å². The Hall–Kier alpha value is 0.160. The Bertz CT molecular complexity index is 278. The smallest absolute Gasteiger partial charge is 0.138 e. The summed E-state index contributed by atoms with van der Waals surface area (Å²) in [6.07, 6.45) is 1.94. The molecule has 0 N–H and O–H groups in total. The van der Waals surface area contributed by atoms with Gasteiger partial charge in [-0.2, -0.15) is 0 Å². The van der Waals surface area contributed by atoms with Crippen LogP contribution in [-0.2, 0) is 0 Å². The molecule has 0 fully saturated rings. The van der Waals surface area contributed by atoms with Crippen LogP contribution in [-0.4, -0.2) is 11.1 Å². The maximum atomic E-state index is 5.53. The third-order valence-electron chi connectivity index (χ3n) is 1.15. The predicted octanol–water partition coefficient (Wildman–Crippen LogP) is 3.24. The van der Waals surface area contributed by atoms with Crippen molar-refractivity contribution in [2.45, 2.75) is 20.0 Å². The van der Waals surface area contributed by atoms with Crippen molar-refractivity contribution in [2.24, 2.45) is 0 Å². The van der Waals surface area contributed by atoms with Gasteiger partial charge in [0.15, 0.2) is 0 Å². The Kier molecular flexibility index (Phi) is 3.77. The molecule has 0 saturated heterocycles. The largest absolute Gasteiger partial charge is 0.490 e. The van der Waals surface area contributed by atoms with E-state index in [1.165, 1.54) is 0 Å². The minimum atomic E-state index is 0.194. The Labute approximate surface area is 94.0 Å². The summed E-state index contributed by atoms with van der Waals surface area (Å²) in [5, 5.41) is 0. The monoisotopic (exact) mass is 341 g/mol. The van der Waals surface area contributed by atoms with Gasteiger partial charge in [0.2, 0.25) is 0 Å². The van der Waals surface area contributed by atoms with E-state index >= 15 is 0 Å². The summed E-state index contributed by atoms with van der Waals surface area (Å²) < 4.78 is 7.37. The summed E-state index contributed by atoms with van der Waals surface area (Å²) in [7, 11) is 0. The van der Waals surface area contributed by atoms with E-state index in [4.69, 9.17) is 4.74 Å². The van der Waals surface area contributed by atoms with Crippen molar-refractivity contribution in [3.05, 3.63) is 20.4 Å². The molecule has 0 spiro atoms. The summed E-state index contributed by atoms with van der Waals surface area (Å²) in [6, 6.07) is 1.91. The summed E-state index contributed by atoms with van der Waals surface area (Å²) in [4.78, 5) is 4.11. The van der Waals surface area contributed by atoms with E-state index < -0.39 is 0 Å². The molecule has 1 rings (SSSR count). The summed E-state index contributed by atoms with van der Waals surface area (Å²) in [5.41, 5.74) is 0. The third kappa shape index (κ3) is 2.90. The van der Waals surface area contributed by atoms with Crippen molar-refractivity contribution in [3.8, 4) is 5.75 Å². The number of hydrogen-bond acceptors (Lipinski definition) is 2. The molecule has 0 aliphatic heterocycles. The van der Waals surface area contributed by atoms with Gasteiger partial charge in [-0.3, -0.25) is 0 Å². The van der Waals surface area contributed by atoms with Gasteiger partial charge in [0.05, 0.1) is 10.6 Å². The van der Waals surface area contributed by atoms with Gasteiger partial charge in [-0.1, -0.05) is 0 Å². The first-order valence-electron chi connectivity index (χ1n) is 3.57. The molecule has 1 heterocycles. The molecule has 0 unspecified atom stereocenters. The Morgan fingerprint density at radius 1 is 1.58 bits per heavy atom. The lowest BCUT2D eigenvalue weighted by molar-refractivity contribution is 0.240. The highest BCUT2D eigenvalue weighted by atomic mass is 127. The lowest BCUT2D eigenvalue weighted by Crippen LogP contribution is -2.06. The fraction of sp³-hybridized carbons (Fsp3) is 0.375. The van der Waals surface area contributed by atoms with Gasteiger partial charge in [0.25, 0.3) is 0 Å². The lowest BCUT2D eigenvalue weighted by Gasteiger charge is -2.10. The van der Waals surface area contributed by atoms with E-state index in [0.717, 1.165) is 13.9 Å². The third-order valence-corrected chi connectivity index (χ3v) is 2.33. The summed E-state index contributed by atoms with van der Waals surface area (Å²) in [5.74, 6) is 0.851. The Morgan fingerprint density at radius 3 is 2.83 bits per heavy atom. The fourth-order valence-electron chi connectivity index (χ4n) is 0.741. The highest BCUT2D eigenvalue weighted by Crippen LogP contribution is 2.25. The van der Waals surface area contributed by atoms with Crippen LogP contribution in [0.5, 0.6) is 5.75 Å². The van der Waals surface area contributed by atoms with Gasteiger partial charge in [-0.15, -0.1) is 0 Å². The maximum absolute atomic E-state index is 5.53. The zero-order valence-corrected chi connectivity index (χ0v) is 10.6. The zero-order chi connectivity index (χ0) is 9.14. The molecule has 1 aromatic heterocycles. The molecule has 66 valence electrons. The van der Waals surface area contributed by atoms with Crippen molar-refractivity contribution >= 4 is 38.5 Å². The number of ether oxygens (including phenoxy) is 1. The molecular formula is C8H9BrINO. The molecule has 0 saturated carbocycles. The Balaban J connectivity index is 2.90. The average molecular weight is 342 g/mol. The van der Waals surface area contributed by atoms with E-state index in [-0.39, 0.29) is 6.10 Å². The van der Waals surface area contributed by atoms with Gasteiger partial charge in [-0.25, -0.2) is 4.98 Å². The number of halogens is 2. The Morgan fingerprint density at radius 2 is 2.25 bits per heavy atom. The molecule has 0 aliphatic rings. The van der Waals surface area contributed by atoms with Crippen molar-refractivity contribution in [1.82, 2.24) is 4.98 Å². The van der Waals surface area contributed by atoms with Crippen molar-refractivity contribution in [1.29, 1.82) is 0 Å². The molecule has 2 nitrogen and oxygen atoms in total. The normalized spacial score (nSPS) is 10.4. The second-order valence-electron chi connectivity index (χ2n) is 2.60. The number of nitrogens with zero attached hydrogens (tertiary/aromatic N) is 1. The first-order valence-corrected chi connectivity index (χ1v) is 5.44. The molecule has 4 heteroatoms. The molecular weight excluding hydrogens is 333 g/mol. The minimum Gasteiger partial charge on any atom is -0.490 e. The van der Waals surface area contributed by atoms with Crippen molar-refractivity contribution in [2.75, 3.05) is 0 Å². The van der Waals surface area contributed by atoms with E-state index in [0.29, 0.717) is 0 Å². The highest BCUT2D eigenvalue weighted by molar-refractivity contribution is 14.1. The lowest BCUT2D eigenvalue weighted by atomic mass is 10.4. The topological polar surface area (TPSA) is 22.1 Å².